The number of alkyl halides is 6. The second kappa shape index (κ2) is 4.65. The van der Waals surface area contributed by atoms with E-state index in [1.54, 1.807) is 0 Å². The maximum absolute atomic E-state index is 13.4. The highest BCUT2D eigenvalue weighted by atomic mass is 35.5. The number of nitrogens with zero attached hydrogens (tertiary/aromatic N) is 1. The first-order valence-electron chi connectivity index (χ1n) is 4.84. The highest BCUT2D eigenvalue weighted by molar-refractivity contribution is 6.46. The van der Waals surface area contributed by atoms with Gasteiger partial charge in [0.25, 0.3) is 4.59 Å². The van der Waals surface area contributed by atoms with E-state index in [1.165, 1.54) is 12.1 Å². The van der Waals surface area contributed by atoms with Gasteiger partial charge < -0.3 is 0 Å². The molecule has 19 heavy (non-hydrogen) atoms. The summed E-state index contributed by atoms with van der Waals surface area (Å²) in [5.41, 5.74) is -2.13. The third kappa shape index (κ3) is 2.88. The van der Waals surface area contributed by atoms with Crippen molar-refractivity contribution in [3.05, 3.63) is 40.5 Å². The summed E-state index contributed by atoms with van der Waals surface area (Å²) in [5.74, 6) is 0. The standard InChI is InChI=1S/C11H4Cl3F4N/c12-7-4-8(10(13,14)15)19-9-5(7)2-1-3-6(9)11(16,17)18/h1-4H. The van der Waals surface area contributed by atoms with Gasteiger partial charge in [-0.2, -0.15) is 13.2 Å². The van der Waals surface area contributed by atoms with Crippen molar-refractivity contribution in [2.75, 3.05) is 0 Å². The largest absolute Gasteiger partial charge is 0.418 e. The van der Waals surface area contributed by atoms with E-state index in [0.717, 1.165) is 12.1 Å². The second-order valence-electron chi connectivity index (χ2n) is 3.69. The van der Waals surface area contributed by atoms with E-state index in [1.807, 2.05) is 0 Å². The van der Waals surface area contributed by atoms with Crippen LogP contribution in [0.4, 0.5) is 17.6 Å². The van der Waals surface area contributed by atoms with E-state index in [2.05, 4.69) is 4.98 Å². The molecule has 0 atom stereocenters. The molecule has 0 saturated carbocycles. The Hall–Kier alpha value is -0.780. The molecule has 1 heterocycles. The predicted molar refractivity (Wildman–Crippen MR) is 66.2 cm³/mol. The zero-order valence-corrected chi connectivity index (χ0v) is 11.2. The van der Waals surface area contributed by atoms with Crippen molar-refractivity contribution in [2.45, 2.75) is 10.8 Å². The summed E-state index contributed by atoms with van der Waals surface area (Å²) in [6.07, 6.45) is -4.65. The van der Waals surface area contributed by atoms with Crippen molar-refractivity contribution in [1.82, 2.24) is 4.98 Å². The van der Waals surface area contributed by atoms with E-state index in [-0.39, 0.29) is 10.4 Å². The minimum absolute atomic E-state index is 0.0397. The number of fused-ring (bicyclic) bond motifs is 1. The van der Waals surface area contributed by atoms with Crippen LogP contribution < -0.4 is 0 Å². The third-order valence-electron chi connectivity index (χ3n) is 2.38. The average Bonchev–Trinajstić information content (AvgIpc) is 2.25. The third-order valence-corrected chi connectivity index (χ3v) is 3.08. The molecule has 1 aromatic heterocycles. The normalized spacial score (nSPS) is 13.0. The Kier molecular flexibility index (Phi) is 3.58. The van der Waals surface area contributed by atoms with Crippen LogP contribution in [0.1, 0.15) is 11.3 Å². The fourth-order valence-corrected chi connectivity index (χ4v) is 2.03. The lowest BCUT2D eigenvalue weighted by molar-refractivity contribution is -0.136. The van der Waals surface area contributed by atoms with E-state index in [9.17, 15) is 17.6 Å². The molecular weight excluding hydrogens is 328 g/mol. The molecule has 0 fully saturated rings. The molecule has 1 nitrogen and oxygen atoms in total. The maximum atomic E-state index is 13.4. The molecule has 8 heteroatoms. The second-order valence-corrected chi connectivity index (χ2v) is 5.33. The van der Waals surface area contributed by atoms with E-state index < -0.39 is 27.5 Å². The Balaban J connectivity index is 2.84. The molecule has 1 aromatic carbocycles. The number of aromatic nitrogens is 1. The SMILES string of the molecule is FC(F)(F)c1cccc2c(Cl)cc(C(F)(Cl)Cl)nc12. The molecule has 0 N–H and O–H groups in total. The molecule has 0 aliphatic carbocycles. The molecule has 0 unspecified atom stereocenters. The van der Waals surface area contributed by atoms with Gasteiger partial charge in [0, 0.05) is 5.39 Å². The number of rotatable bonds is 1. The molecule has 0 amide bonds. The number of benzene rings is 1. The number of hydrogen-bond acceptors (Lipinski definition) is 1. The fourth-order valence-electron chi connectivity index (χ4n) is 1.58. The summed E-state index contributed by atoms with van der Waals surface area (Å²) in [6, 6.07) is 4.33. The van der Waals surface area contributed by atoms with E-state index in [0.29, 0.717) is 0 Å². The zero-order chi connectivity index (χ0) is 14.4. The Labute approximate surface area is 120 Å². The van der Waals surface area contributed by atoms with Crippen LogP contribution in [0.2, 0.25) is 5.02 Å². The predicted octanol–water partition coefficient (Wildman–Crippen LogP) is 5.46. The molecule has 102 valence electrons. The molecule has 0 radical (unpaired) electrons. The minimum atomic E-state index is -4.65. The van der Waals surface area contributed by atoms with Gasteiger partial charge in [-0.25, -0.2) is 9.37 Å². The van der Waals surface area contributed by atoms with Crippen LogP contribution in [0.5, 0.6) is 0 Å². The summed E-state index contributed by atoms with van der Waals surface area (Å²) in [4.78, 5) is 3.53. The number of para-hydroxylation sites is 1. The van der Waals surface area contributed by atoms with Crippen LogP contribution in [0, 0.1) is 0 Å². The lowest BCUT2D eigenvalue weighted by Crippen LogP contribution is -2.10. The fraction of sp³-hybridized carbons (Fsp3) is 0.182. The molecule has 2 rings (SSSR count). The number of hydrogen-bond donors (Lipinski definition) is 0. The van der Waals surface area contributed by atoms with Gasteiger partial charge in [-0.1, -0.05) is 46.9 Å². The lowest BCUT2D eigenvalue weighted by atomic mass is 10.1. The monoisotopic (exact) mass is 331 g/mol. The van der Waals surface area contributed by atoms with Crippen molar-refractivity contribution >= 4 is 45.7 Å². The van der Waals surface area contributed by atoms with Crippen LogP contribution in [0.3, 0.4) is 0 Å². The van der Waals surface area contributed by atoms with Gasteiger partial charge in [-0.3, -0.25) is 0 Å². The van der Waals surface area contributed by atoms with Gasteiger partial charge in [-0.05, 0) is 12.1 Å². The van der Waals surface area contributed by atoms with Crippen molar-refractivity contribution < 1.29 is 17.6 Å². The van der Waals surface area contributed by atoms with Crippen molar-refractivity contribution in [2.24, 2.45) is 0 Å². The molecule has 0 aliphatic heterocycles. The molecule has 0 spiro atoms. The topological polar surface area (TPSA) is 12.9 Å². The van der Waals surface area contributed by atoms with E-state index in [4.69, 9.17) is 34.8 Å². The summed E-state index contributed by atoms with van der Waals surface area (Å²) in [6.45, 7) is 0. The molecule has 2 aromatic rings. The van der Waals surface area contributed by atoms with Crippen molar-refractivity contribution in [1.29, 1.82) is 0 Å². The molecule has 0 bridgehead atoms. The molecule has 0 saturated heterocycles. The number of pyridine rings is 1. The van der Waals surface area contributed by atoms with Gasteiger partial charge in [0.2, 0.25) is 0 Å². The highest BCUT2D eigenvalue weighted by Crippen LogP contribution is 2.40. The average molecular weight is 333 g/mol. The van der Waals surface area contributed by atoms with Gasteiger partial charge in [-0.15, -0.1) is 0 Å². The van der Waals surface area contributed by atoms with Gasteiger partial charge in [0.1, 0.15) is 5.69 Å². The summed E-state index contributed by atoms with van der Waals surface area (Å²) in [5, 5.41) is -0.0766. The first-order chi connectivity index (χ1) is 8.60. The van der Waals surface area contributed by atoms with Gasteiger partial charge in [0.15, 0.2) is 0 Å². The van der Waals surface area contributed by atoms with Crippen LogP contribution in [0.15, 0.2) is 24.3 Å². The summed E-state index contributed by atoms with van der Waals surface area (Å²) < 4.78 is 49.0. The smallest absolute Gasteiger partial charge is 0.246 e. The Morgan fingerprint density at radius 1 is 1.05 bits per heavy atom. The van der Waals surface area contributed by atoms with Crippen LogP contribution in [-0.2, 0) is 10.8 Å². The van der Waals surface area contributed by atoms with Gasteiger partial charge in [0.05, 0.1) is 16.1 Å². The number of halogens is 7. The molecular formula is C11H4Cl3F4N. The summed E-state index contributed by atoms with van der Waals surface area (Å²) in [7, 11) is 0. The molecule has 0 aliphatic rings. The van der Waals surface area contributed by atoms with Crippen molar-refractivity contribution in [3.63, 3.8) is 0 Å². The highest BCUT2D eigenvalue weighted by Gasteiger charge is 2.35. The first kappa shape index (κ1) is 14.6. The minimum Gasteiger partial charge on any atom is -0.246 e. The first-order valence-corrected chi connectivity index (χ1v) is 5.98. The quantitative estimate of drug-likeness (QED) is 0.499. The van der Waals surface area contributed by atoms with Crippen LogP contribution in [-0.4, -0.2) is 4.98 Å². The Morgan fingerprint density at radius 3 is 2.21 bits per heavy atom. The van der Waals surface area contributed by atoms with E-state index >= 15 is 0 Å². The van der Waals surface area contributed by atoms with Crippen LogP contribution in [0.25, 0.3) is 10.9 Å². The Bertz CT molecular complexity index is 634. The Morgan fingerprint density at radius 2 is 1.68 bits per heavy atom. The van der Waals surface area contributed by atoms with Crippen molar-refractivity contribution in [3.8, 4) is 0 Å². The maximum Gasteiger partial charge on any atom is 0.418 e. The lowest BCUT2D eigenvalue weighted by Gasteiger charge is -2.14. The van der Waals surface area contributed by atoms with Crippen LogP contribution >= 0.6 is 34.8 Å². The van der Waals surface area contributed by atoms with Gasteiger partial charge >= 0.3 is 6.18 Å². The zero-order valence-electron chi connectivity index (χ0n) is 8.90. The summed E-state index contributed by atoms with van der Waals surface area (Å²) >= 11 is 16.2.